The number of aryl methyl sites for hydroxylation is 3. The molecule has 0 aliphatic heterocycles. The summed E-state index contributed by atoms with van der Waals surface area (Å²) in [5.74, 6) is 1.16. The molecule has 3 aromatic rings. The Balaban J connectivity index is 1.76. The van der Waals surface area contributed by atoms with Crippen LogP contribution in [0.4, 0.5) is 0 Å². The highest BCUT2D eigenvalue weighted by Crippen LogP contribution is 2.28. The van der Waals surface area contributed by atoms with Gasteiger partial charge in [-0.05, 0) is 31.0 Å². The third-order valence-electron chi connectivity index (χ3n) is 3.33. The van der Waals surface area contributed by atoms with Gasteiger partial charge in [0.25, 0.3) is 5.89 Å². The molecule has 106 valence electrons. The first-order chi connectivity index (χ1) is 10.2. The Hall–Kier alpha value is -2.62. The average molecular weight is 280 g/mol. The van der Waals surface area contributed by atoms with Gasteiger partial charge in [-0.1, -0.05) is 47.1 Å². The number of nitrogens with zero attached hydrogens (tertiary/aromatic N) is 2. The van der Waals surface area contributed by atoms with Crippen LogP contribution in [-0.4, -0.2) is 15.2 Å². The highest BCUT2D eigenvalue weighted by atomic mass is 16.5. The molecule has 0 atom stereocenters. The van der Waals surface area contributed by atoms with Gasteiger partial charge >= 0.3 is 0 Å². The Kier molecular flexibility index (Phi) is 3.69. The lowest BCUT2D eigenvalue weighted by Crippen LogP contribution is -1.93. The SMILES string of the molecule is Cc1ccc(O)c(-c2nc(CCc3ccccc3)no2)c1. The van der Waals surface area contributed by atoms with E-state index in [0.29, 0.717) is 23.7 Å². The molecule has 0 spiro atoms. The summed E-state index contributed by atoms with van der Waals surface area (Å²) in [7, 11) is 0. The first-order valence-corrected chi connectivity index (χ1v) is 6.89. The average Bonchev–Trinajstić information content (AvgIpc) is 2.97. The van der Waals surface area contributed by atoms with Gasteiger partial charge in [-0.3, -0.25) is 0 Å². The van der Waals surface area contributed by atoms with Crippen LogP contribution in [-0.2, 0) is 12.8 Å². The summed E-state index contributed by atoms with van der Waals surface area (Å²) in [6.45, 7) is 1.95. The van der Waals surface area contributed by atoms with Crippen LogP contribution in [0.1, 0.15) is 17.0 Å². The molecule has 1 aromatic heterocycles. The van der Waals surface area contributed by atoms with E-state index in [9.17, 15) is 5.11 Å². The van der Waals surface area contributed by atoms with Crippen LogP contribution in [0.5, 0.6) is 5.75 Å². The lowest BCUT2D eigenvalue weighted by molar-refractivity contribution is 0.417. The molecule has 0 amide bonds. The van der Waals surface area contributed by atoms with Crippen LogP contribution >= 0.6 is 0 Å². The van der Waals surface area contributed by atoms with Crippen molar-refractivity contribution in [1.29, 1.82) is 0 Å². The lowest BCUT2D eigenvalue weighted by atomic mass is 10.1. The third-order valence-corrected chi connectivity index (χ3v) is 3.33. The zero-order valence-corrected chi connectivity index (χ0v) is 11.8. The third kappa shape index (κ3) is 3.11. The van der Waals surface area contributed by atoms with Gasteiger partial charge in [0.1, 0.15) is 5.75 Å². The Morgan fingerprint density at radius 1 is 1.05 bits per heavy atom. The molecule has 0 saturated carbocycles. The summed E-state index contributed by atoms with van der Waals surface area (Å²) in [4.78, 5) is 4.36. The number of hydrogen-bond acceptors (Lipinski definition) is 4. The first kappa shape index (κ1) is 13.4. The van der Waals surface area contributed by atoms with E-state index in [0.717, 1.165) is 12.0 Å². The Bertz CT molecular complexity index is 736. The molecule has 2 aromatic carbocycles. The minimum Gasteiger partial charge on any atom is -0.507 e. The molecule has 1 N–H and O–H groups in total. The molecule has 0 unspecified atom stereocenters. The molecule has 21 heavy (non-hydrogen) atoms. The summed E-state index contributed by atoms with van der Waals surface area (Å²) in [6.07, 6.45) is 1.57. The molecule has 4 heteroatoms. The fraction of sp³-hybridized carbons (Fsp3) is 0.176. The monoisotopic (exact) mass is 280 g/mol. The van der Waals surface area contributed by atoms with Crippen molar-refractivity contribution in [2.75, 3.05) is 0 Å². The van der Waals surface area contributed by atoms with Gasteiger partial charge in [0.05, 0.1) is 5.56 Å². The maximum absolute atomic E-state index is 9.88. The minimum absolute atomic E-state index is 0.152. The summed E-state index contributed by atoms with van der Waals surface area (Å²) in [5, 5.41) is 13.9. The highest BCUT2D eigenvalue weighted by Gasteiger charge is 2.13. The largest absolute Gasteiger partial charge is 0.507 e. The molecule has 0 radical (unpaired) electrons. The second kappa shape index (κ2) is 5.79. The molecule has 0 aliphatic rings. The van der Waals surface area contributed by atoms with E-state index in [1.165, 1.54) is 5.56 Å². The summed E-state index contributed by atoms with van der Waals surface area (Å²) in [5.41, 5.74) is 2.85. The van der Waals surface area contributed by atoms with E-state index in [1.54, 1.807) is 6.07 Å². The van der Waals surface area contributed by atoms with E-state index >= 15 is 0 Å². The van der Waals surface area contributed by atoms with Gasteiger partial charge in [-0.25, -0.2) is 0 Å². The van der Waals surface area contributed by atoms with Crippen molar-refractivity contribution < 1.29 is 9.63 Å². The van der Waals surface area contributed by atoms with Gasteiger partial charge < -0.3 is 9.63 Å². The maximum atomic E-state index is 9.88. The quantitative estimate of drug-likeness (QED) is 0.794. The van der Waals surface area contributed by atoms with Crippen molar-refractivity contribution in [2.24, 2.45) is 0 Å². The van der Waals surface area contributed by atoms with Crippen molar-refractivity contribution in [2.45, 2.75) is 19.8 Å². The number of aromatic hydroxyl groups is 1. The van der Waals surface area contributed by atoms with Gasteiger partial charge in [0, 0.05) is 6.42 Å². The zero-order chi connectivity index (χ0) is 14.7. The standard InChI is InChI=1S/C17H16N2O2/c1-12-7-9-15(20)14(11-12)17-18-16(19-21-17)10-8-13-5-3-2-4-6-13/h2-7,9,11,20H,8,10H2,1H3. The number of phenolic OH excluding ortho intramolecular Hbond substituents is 1. The molecule has 0 fully saturated rings. The summed E-state index contributed by atoms with van der Waals surface area (Å²) >= 11 is 0. The number of hydrogen-bond donors (Lipinski definition) is 1. The first-order valence-electron chi connectivity index (χ1n) is 6.89. The van der Waals surface area contributed by atoms with Crippen LogP contribution in [0.15, 0.2) is 53.1 Å². The normalized spacial score (nSPS) is 10.7. The van der Waals surface area contributed by atoms with Gasteiger partial charge in [0.2, 0.25) is 0 Å². The molecule has 0 aliphatic carbocycles. The van der Waals surface area contributed by atoms with Crippen molar-refractivity contribution in [3.8, 4) is 17.2 Å². The minimum atomic E-state index is 0.152. The van der Waals surface area contributed by atoms with E-state index in [-0.39, 0.29) is 5.75 Å². The van der Waals surface area contributed by atoms with Gasteiger partial charge in [0.15, 0.2) is 5.82 Å². The molecular weight excluding hydrogens is 264 g/mol. The molecule has 4 nitrogen and oxygen atoms in total. The molecule has 3 rings (SSSR count). The second-order valence-corrected chi connectivity index (χ2v) is 5.02. The maximum Gasteiger partial charge on any atom is 0.261 e. The van der Waals surface area contributed by atoms with Crippen molar-refractivity contribution in [3.63, 3.8) is 0 Å². The Labute approximate surface area is 123 Å². The predicted molar refractivity (Wildman–Crippen MR) is 80.0 cm³/mol. The van der Waals surface area contributed by atoms with Gasteiger partial charge in [-0.15, -0.1) is 0 Å². The number of aromatic nitrogens is 2. The van der Waals surface area contributed by atoms with Crippen LogP contribution in [0.25, 0.3) is 11.5 Å². The molecule has 1 heterocycles. The van der Waals surface area contributed by atoms with Crippen molar-refractivity contribution in [3.05, 3.63) is 65.5 Å². The van der Waals surface area contributed by atoms with Crippen LogP contribution in [0, 0.1) is 6.92 Å². The predicted octanol–water partition coefficient (Wildman–Crippen LogP) is 3.54. The van der Waals surface area contributed by atoms with E-state index < -0.39 is 0 Å². The molecule has 0 saturated heterocycles. The highest BCUT2D eigenvalue weighted by molar-refractivity contribution is 5.62. The van der Waals surface area contributed by atoms with Crippen LogP contribution < -0.4 is 0 Å². The van der Waals surface area contributed by atoms with E-state index in [2.05, 4.69) is 22.3 Å². The fourth-order valence-electron chi connectivity index (χ4n) is 2.19. The smallest absolute Gasteiger partial charge is 0.261 e. The number of phenols is 1. The van der Waals surface area contributed by atoms with Gasteiger partial charge in [-0.2, -0.15) is 4.98 Å². The van der Waals surface area contributed by atoms with Crippen molar-refractivity contribution >= 4 is 0 Å². The number of rotatable bonds is 4. The zero-order valence-electron chi connectivity index (χ0n) is 11.8. The number of benzene rings is 2. The summed E-state index contributed by atoms with van der Waals surface area (Å²) in [6, 6.07) is 15.5. The lowest BCUT2D eigenvalue weighted by Gasteiger charge is -2.00. The Morgan fingerprint density at radius 2 is 1.86 bits per heavy atom. The Morgan fingerprint density at radius 3 is 2.67 bits per heavy atom. The van der Waals surface area contributed by atoms with Crippen molar-refractivity contribution in [1.82, 2.24) is 10.1 Å². The fourth-order valence-corrected chi connectivity index (χ4v) is 2.19. The van der Waals surface area contributed by atoms with Crippen LogP contribution in [0.3, 0.4) is 0 Å². The molecular formula is C17H16N2O2. The second-order valence-electron chi connectivity index (χ2n) is 5.02. The van der Waals surface area contributed by atoms with E-state index in [1.807, 2.05) is 37.3 Å². The molecule has 0 bridgehead atoms. The summed E-state index contributed by atoms with van der Waals surface area (Å²) < 4.78 is 5.25. The van der Waals surface area contributed by atoms with Crippen LogP contribution in [0.2, 0.25) is 0 Å². The topological polar surface area (TPSA) is 59.2 Å². The van der Waals surface area contributed by atoms with E-state index in [4.69, 9.17) is 4.52 Å².